The number of hydrogen-bond acceptors (Lipinski definition) is 4. The Morgan fingerprint density at radius 2 is 2.17 bits per heavy atom. The van der Waals surface area contributed by atoms with Crippen LogP contribution in [0.4, 0.5) is 4.79 Å². The fourth-order valence-electron chi connectivity index (χ4n) is 1.33. The molecule has 0 saturated carbocycles. The molecule has 18 heavy (non-hydrogen) atoms. The average Bonchev–Trinajstić information content (AvgIpc) is 2.66. The Morgan fingerprint density at radius 1 is 1.33 bits per heavy atom. The van der Waals surface area contributed by atoms with E-state index in [-0.39, 0.29) is 6.61 Å². The minimum Gasteiger partial charge on any atom is -0.444 e. The van der Waals surface area contributed by atoms with E-state index in [2.05, 4.69) is 15.6 Å². The number of benzene rings is 1. The third-order valence-electron chi connectivity index (χ3n) is 2.18. The average molecular weight is 243 g/mol. The van der Waals surface area contributed by atoms with Gasteiger partial charge >= 0.3 is 6.09 Å². The highest BCUT2D eigenvalue weighted by Crippen LogP contribution is 2.00. The number of aliphatic imine (C=N–C) groups is 1. The summed E-state index contributed by atoms with van der Waals surface area (Å²) in [5.41, 5.74) is 0.942. The molecule has 0 unspecified atom stereocenters. The Kier molecular flexibility index (Phi) is 4.13. The Balaban J connectivity index is 1.80. The first kappa shape index (κ1) is 11.9. The maximum absolute atomic E-state index is 11.5. The molecule has 5 heteroatoms. The number of ether oxygens (including phenoxy) is 1. The maximum Gasteiger partial charge on any atom is 0.413 e. The third kappa shape index (κ3) is 3.79. The SMILES string of the molecule is O=C(NC1=CC=NC=CN1)OCc1ccccc1. The lowest BCUT2D eigenvalue weighted by molar-refractivity contribution is 0.142. The van der Waals surface area contributed by atoms with Gasteiger partial charge < -0.3 is 10.1 Å². The van der Waals surface area contributed by atoms with Gasteiger partial charge in [-0.25, -0.2) is 4.79 Å². The van der Waals surface area contributed by atoms with Gasteiger partial charge in [-0.05, 0) is 11.6 Å². The zero-order valence-corrected chi connectivity index (χ0v) is 9.67. The summed E-state index contributed by atoms with van der Waals surface area (Å²) >= 11 is 0. The molecule has 1 amide bonds. The van der Waals surface area contributed by atoms with Crippen molar-refractivity contribution in [1.29, 1.82) is 0 Å². The summed E-state index contributed by atoms with van der Waals surface area (Å²) in [5.74, 6) is 0.519. The molecular weight excluding hydrogens is 230 g/mol. The molecule has 0 radical (unpaired) electrons. The fourth-order valence-corrected chi connectivity index (χ4v) is 1.33. The van der Waals surface area contributed by atoms with E-state index in [1.165, 1.54) is 0 Å². The van der Waals surface area contributed by atoms with Crippen LogP contribution in [0.25, 0.3) is 0 Å². The van der Waals surface area contributed by atoms with Crippen LogP contribution in [0, 0.1) is 0 Å². The number of carbonyl (C=O) groups excluding carboxylic acids is 1. The van der Waals surface area contributed by atoms with Gasteiger partial charge in [0.2, 0.25) is 0 Å². The highest BCUT2D eigenvalue weighted by molar-refractivity contribution is 5.76. The number of allylic oxidation sites excluding steroid dienone is 1. The lowest BCUT2D eigenvalue weighted by atomic mass is 10.2. The lowest BCUT2D eigenvalue weighted by Crippen LogP contribution is -2.29. The van der Waals surface area contributed by atoms with Gasteiger partial charge in [0, 0.05) is 18.6 Å². The molecule has 0 atom stereocenters. The lowest BCUT2D eigenvalue weighted by Gasteiger charge is -2.09. The topological polar surface area (TPSA) is 62.7 Å². The van der Waals surface area contributed by atoms with Crippen LogP contribution in [0.2, 0.25) is 0 Å². The third-order valence-corrected chi connectivity index (χ3v) is 2.18. The summed E-state index contributed by atoms with van der Waals surface area (Å²) in [5, 5.41) is 5.43. The summed E-state index contributed by atoms with van der Waals surface area (Å²) in [4.78, 5) is 15.4. The number of carbonyl (C=O) groups is 1. The van der Waals surface area contributed by atoms with Crippen molar-refractivity contribution in [1.82, 2.24) is 10.6 Å². The number of alkyl carbamates (subject to hydrolysis) is 1. The Hall–Kier alpha value is -2.56. The first-order valence-electron chi connectivity index (χ1n) is 5.47. The monoisotopic (exact) mass is 243 g/mol. The minimum atomic E-state index is -0.513. The molecule has 92 valence electrons. The molecule has 1 aromatic rings. The molecular formula is C13H13N3O2. The van der Waals surface area contributed by atoms with E-state index < -0.39 is 6.09 Å². The zero-order valence-electron chi connectivity index (χ0n) is 9.67. The molecule has 0 aromatic heterocycles. The highest BCUT2D eigenvalue weighted by Gasteiger charge is 2.05. The molecule has 0 spiro atoms. The van der Waals surface area contributed by atoms with Crippen LogP contribution in [-0.4, -0.2) is 12.3 Å². The van der Waals surface area contributed by atoms with Crippen molar-refractivity contribution in [2.75, 3.05) is 0 Å². The highest BCUT2D eigenvalue weighted by atomic mass is 16.5. The first-order valence-corrected chi connectivity index (χ1v) is 5.47. The van der Waals surface area contributed by atoms with E-state index in [1.54, 1.807) is 24.7 Å². The number of rotatable bonds is 3. The predicted octanol–water partition coefficient (Wildman–Crippen LogP) is 1.90. The van der Waals surface area contributed by atoms with Crippen molar-refractivity contribution in [3.8, 4) is 0 Å². The van der Waals surface area contributed by atoms with Gasteiger partial charge in [0.1, 0.15) is 12.4 Å². The van der Waals surface area contributed by atoms with E-state index in [9.17, 15) is 4.79 Å². The second-order valence-corrected chi connectivity index (χ2v) is 3.53. The molecule has 1 aliphatic heterocycles. The standard InChI is InChI=1S/C13H13N3O2/c17-13(16-12-6-7-14-8-9-15-12)18-10-11-4-2-1-3-5-11/h1-9,15H,10H2,(H,16,17). The van der Waals surface area contributed by atoms with Crippen molar-refractivity contribution in [2.24, 2.45) is 4.99 Å². The number of nitrogens with zero attached hydrogens (tertiary/aromatic N) is 1. The summed E-state index contributed by atoms with van der Waals surface area (Å²) in [6, 6.07) is 9.49. The summed E-state index contributed by atoms with van der Waals surface area (Å²) < 4.78 is 5.07. The van der Waals surface area contributed by atoms with Crippen LogP contribution < -0.4 is 10.6 Å². The summed E-state index contributed by atoms with van der Waals surface area (Å²) in [7, 11) is 0. The van der Waals surface area contributed by atoms with Gasteiger partial charge in [-0.1, -0.05) is 30.3 Å². The summed E-state index contributed by atoms with van der Waals surface area (Å²) in [6.45, 7) is 0.240. The first-order chi connectivity index (χ1) is 8.84. The van der Waals surface area contributed by atoms with Crippen molar-refractivity contribution in [3.05, 3.63) is 60.2 Å². The molecule has 1 aliphatic rings. The van der Waals surface area contributed by atoms with Crippen LogP contribution in [0.1, 0.15) is 5.56 Å². The van der Waals surface area contributed by atoms with Crippen LogP contribution in [0.15, 0.2) is 59.6 Å². The van der Waals surface area contributed by atoms with E-state index in [0.29, 0.717) is 5.82 Å². The minimum absolute atomic E-state index is 0.240. The molecule has 2 N–H and O–H groups in total. The molecule has 0 fully saturated rings. The molecule has 0 saturated heterocycles. The largest absolute Gasteiger partial charge is 0.444 e. The summed E-state index contributed by atoms with van der Waals surface area (Å²) in [6.07, 6.45) is 5.90. The van der Waals surface area contributed by atoms with Crippen molar-refractivity contribution in [2.45, 2.75) is 6.61 Å². The maximum atomic E-state index is 11.5. The van der Waals surface area contributed by atoms with Gasteiger partial charge in [-0.15, -0.1) is 0 Å². The van der Waals surface area contributed by atoms with Crippen LogP contribution in [-0.2, 0) is 11.3 Å². The van der Waals surface area contributed by atoms with E-state index >= 15 is 0 Å². The van der Waals surface area contributed by atoms with Gasteiger partial charge in [-0.3, -0.25) is 10.3 Å². The quantitative estimate of drug-likeness (QED) is 0.852. The van der Waals surface area contributed by atoms with Crippen LogP contribution >= 0.6 is 0 Å². The second-order valence-electron chi connectivity index (χ2n) is 3.53. The Bertz CT molecular complexity index is 492. The van der Waals surface area contributed by atoms with E-state index in [0.717, 1.165) is 5.56 Å². The normalized spacial score (nSPS) is 13.2. The van der Waals surface area contributed by atoms with Gasteiger partial charge in [0.05, 0.1) is 0 Å². The van der Waals surface area contributed by atoms with Gasteiger partial charge in [0.25, 0.3) is 0 Å². The number of amides is 1. The number of nitrogens with one attached hydrogen (secondary N) is 2. The fraction of sp³-hybridized carbons (Fsp3) is 0.0769. The Morgan fingerprint density at radius 3 is 3.00 bits per heavy atom. The predicted molar refractivity (Wildman–Crippen MR) is 68.6 cm³/mol. The van der Waals surface area contributed by atoms with E-state index in [1.807, 2.05) is 30.3 Å². The molecule has 5 nitrogen and oxygen atoms in total. The molecule has 1 heterocycles. The molecule has 0 bridgehead atoms. The van der Waals surface area contributed by atoms with Crippen molar-refractivity contribution < 1.29 is 9.53 Å². The van der Waals surface area contributed by atoms with E-state index in [4.69, 9.17) is 4.74 Å². The van der Waals surface area contributed by atoms with Crippen LogP contribution in [0.3, 0.4) is 0 Å². The van der Waals surface area contributed by atoms with Crippen molar-refractivity contribution in [3.63, 3.8) is 0 Å². The molecule has 2 rings (SSSR count). The molecule has 0 aliphatic carbocycles. The number of hydrogen-bond donors (Lipinski definition) is 2. The van der Waals surface area contributed by atoms with Gasteiger partial charge in [0.15, 0.2) is 0 Å². The smallest absolute Gasteiger partial charge is 0.413 e. The zero-order chi connectivity index (χ0) is 12.6. The van der Waals surface area contributed by atoms with Gasteiger partial charge in [-0.2, -0.15) is 0 Å². The second kappa shape index (κ2) is 6.24. The molecule has 1 aromatic carbocycles. The Labute approximate surface area is 105 Å². The van der Waals surface area contributed by atoms with Crippen molar-refractivity contribution >= 4 is 12.3 Å². The van der Waals surface area contributed by atoms with Crippen LogP contribution in [0.5, 0.6) is 0 Å².